The van der Waals surface area contributed by atoms with Crippen LogP contribution in [0.5, 0.6) is 0 Å². The van der Waals surface area contributed by atoms with Crippen LogP contribution >= 0.6 is 0 Å². The quantitative estimate of drug-likeness (QED) is 0.691. The molecule has 0 fully saturated rings. The van der Waals surface area contributed by atoms with Crippen molar-refractivity contribution in [2.45, 2.75) is 31.1 Å². The van der Waals surface area contributed by atoms with Crippen LogP contribution < -0.4 is 0 Å². The second-order valence-corrected chi connectivity index (χ2v) is 2.78. The lowest BCUT2D eigenvalue weighted by atomic mass is 10.3. The van der Waals surface area contributed by atoms with E-state index in [1.807, 2.05) is 0 Å². The van der Waals surface area contributed by atoms with Gasteiger partial charge in [0.2, 0.25) is 0 Å². The number of halogens is 9. The Balaban J connectivity index is 4.29. The Morgan fingerprint density at radius 2 is 1.31 bits per heavy atom. The van der Waals surface area contributed by atoms with Gasteiger partial charge in [-0.2, -0.15) is 30.7 Å². The van der Waals surface area contributed by atoms with Crippen LogP contribution in [0.3, 0.4) is 0 Å². The predicted molar refractivity (Wildman–Crippen MR) is 32.5 cm³/mol. The molecule has 1 nitrogen and oxygen atoms in total. The van der Waals surface area contributed by atoms with Crippen molar-refractivity contribution in [3.05, 3.63) is 0 Å². The Kier molecular flexibility index (Phi) is 4.48. The molecule has 0 aromatic heterocycles. The van der Waals surface area contributed by atoms with Gasteiger partial charge in [-0.15, -0.1) is 0 Å². The largest absolute Gasteiger partial charge is 0.397 e. The third kappa shape index (κ3) is 6.03. The minimum Gasteiger partial charge on any atom is -0.314 e. The van der Waals surface area contributed by atoms with Crippen LogP contribution in [-0.4, -0.2) is 31.2 Å². The summed E-state index contributed by atoms with van der Waals surface area (Å²) < 4.78 is 108. The van der Waals surface area contributed by atoms with Crippen LogP contribution in [-0.2, 0) is 4.74 Å². The molecule has 0 amide bonds. The van der Waals surface area contributed by atoms with Crippen LogP contribution in [0, 0.1) is 0 Å². The molecule has 0 aliphatic carbocycles. The topological polar surface area (TPSA) is 9.23 Å². The molecular formula is C6H5F9O. The maximum Gasteiger partial charge on any atom is 0.397 e. The summed E-state index contributed by atoms with van der Waals surface area (Å²) in [6, 6.07) is 0. The van der Waals surface area contributed by atoms with Crippen molar-refractivity contribution in [3.63, 3.8) is 0 Å². The first-order valence-electron chi connectivity index (χ1n) is 3.60. The summed E-state index contributed by atoms with van der Waals surface area (Å²) in [5.74, 6) is -4.92. The molecule has 10 heteroatoms. The standard InChI is InChI=1S/C6H5F9O/c7-3(8)4(9,10)2-16-6(14,15)1-5(11,12)13/h3H,1-2H2. The first-order chi connectivity index (χ1) is 6.86. The normalized spacial score (nSPS) is 14.6. The van der Waals surface area contributed by atoms with Crippen molar-refractivity contribution in [2.75, 3.05) is 6.61 Å². The summed E-state index contributed by atoms with van der Waals surface area (Å²) in [5, 5.41) is 0. The van der Waals surface area contributed by atoms with E-state index in [0.717, 1.165) is 0 Å². The van der Waals surface area contributed by atoms with Crippen LogP contribution in [0.4, 0.5) is 39.5 Å². The first kappa shape index (κ1) is 15.3. The molecule has 0 heterocycles. The van der Waals surface area contributed by atoms with Gasteiger partial charge in [-0.25, -0.2) is 8.78 Å². The Morgan fingerprint density at radius 3 is 1.62 bits per heavy atom. The molecule has 0 saturated heterocycles. The summed E-state index contributed by atoms with van der Waals surface area (Å²) in [6.07, 6.45) is -17.4. The number of rotatable bonds is 5. The number of hydrogen-bond acceptors (Lipinski definition) is 1. The molecule has 0 aliphatic heterocycles. The Hall–Kier alpha value is -0.670. The minimum atomic E-state index is -5.36. The molecule has 0 atom stereocenters. The highest BCUT2D eigenvalue weighted by Gasteiger charge is 2.49. The highest BCUT2D eigenvalue weighted by atomic mass is 19.4. The molecular weight excluding hydrogens is 259 g/mol. The van der Waals surface area contributed by atoms with E-state index in [-0.39, 0.29) is 0 Å². The van der Waals surface area contributed by atoms with E-state index in [0.29, 0.717) is 0 Å². The number of hydrogen-bond donors (Lipinski definition) is 0. The van der Waals surface area contributed by atoms with Gasteiger partial charge in [0.05, 0.1) is 0 Å². The molecule has 16 heavy (non-hydrogen) atoms. The average molecular weight is 264 g/mol. The van der Waals surface area contributed by atoms with Gasteiger partial charge >= 0.3 is 24.6 Å². The van der Waals surface area contributed by atoms with E-state index >= 15 is 0 Å². The fraction of sp³-hybridized carbons (Fsp3) is 1.00. The summed E-state index contributed by atoms with van der Waals surface area (Å²) in [5.41, 5.74) is 0. The van der Waals surface area contributed by atoms with Crippen molar-refractivity contribution in [1.29, 1.82) is 0 Å². The van der Waals surface area contributed by atoms with E-state index in [2.05, 4.69) is 4.74 Å². The second kappa shape index (κ2) is 4.68. The van der Waals surface area contributed by atoms with Crippen molar-refractivity contribution in [3.8, 4) is 0 Å². The maximum absolute atomic E-state index is 12.2. The van der Waals surface area contributed by atoms with E-state index < -0.39 is 37.7 Å². The highest BCUT2D eigenvalue weighted by Crippen LogP contribution is 2.34. The molecule has 0 spiro atoms. The smallest absolute Gasteiger partial charge is 0.314 e. The van der Waals surface area contributed by atoms with Gasteiger partial charge in [-0.05, 0) is 0 Å². The van der Waals surface area contributed by atoms with Gasteiger partial charge < -0.3 is 4.74 Å². The molecule has 98 valence electrons. The number of alkyl halides is 9. The zero-order valence-electron chi connectivity index (χ0n) is 7.30. The number of ether oxygens (including phenoxy) is 1. The van der Waals surface area contributed by atoms with Crippen LogP contribution in [0.25, 0.3) is 0 Å². The lowest BCUT2D eigenvalue weighted by Gasteiger charge is -2.21. The summed E-state index contributed by atoms with van der Waals surface area (Å²) in [4.78, 5) is 0. The van der Waals surface area contributed by atoms with Crippen molar-refractivity contribution < 1.29 is 44.3 Å². The molecule has 0 rings (SSSR count). The van der Waals surface area contributed by atoms with Gasteiger partial charge in [0.25, 0.3) is 0 Å². The van der Waals surface area contributed by atoms with Gasteiger partial charge in [-0.3, -0.25) is 0 Å². The summed E-state index contributed by atoms with van der Waals surface area (Å²) in [6.45, 7) is -2.49. The average Bonchev–Trinajstić information content (AvgIpc) is 1.96. The molecule has 0 aliphatic rings. The van der Waals surface area contributed by atoms with E-state index in [1.165, 1.54) is 0 Å². The molecule has 0 radical (unpaired) electrons. The fourth-order valence-electron chi connectivity index (χ4n) is 0.549. The lowest BCUT2D eigenvalue weighted by molar-refractivity contribution is -0.316. The molecule has 0 unspecified atom stereocenters. The molecule has 0 saturated carbocycles. The van der Waals surface area contributed by atoms with Crippen molar-refractivity contribution >= 4 is 0 Å². The van der Waals surface area contributed by atoms with Crippen LogP contribution in [0.15, 0.2) is 0 Å². The molecule has 0 aromatic rings. The Morgan fingerprint density at radius 1 is 0.875 bits per heavy atom. The second-order valence-electron chi connectivity index (χ2n) is 2.78. The monoisotopic (exact) mass is 264 g/mol. The van der Waals surface area contributed by atoms with Gasteiger partial charge in [0.1, 0.15) is 13.0 Å². The highest BCUT2D eigenvalue weighted by molar-refractivity contribution is 4.70. The third-order valence-electron chi connectivity index (χ3n) is 1.20. The molecule has 0 N–H and O–H groups in total. The molecule has 0 bridgehead atoms. The SMILES string of the molecule is FC(F)C(F)(F)COC(F)(F)CC(F)(F)F. The van der Waals surface area contributed by atoms with E-state index in [9.17, 15) is 39.5 Å². The fourth-order valence-corrected chi connectivity index (χ4v) is 0.549. The lowest BCUT2D eigenvalue weighted by Crippen LogP contribution is -2.38. The van der Waals surface area contributed by atoms with Crippen LogP contribution in [0.2, 0.25) is 0 Å². The Bertz CT molecular complexity index is 221. The Labute approximate surface area is 83.2 Å². The van der Waals surface area contributed by atoms with Gasteiger partial charge in [-0.1, -0.05) is 0 Å². The van der Waals surface area contributed by atoms with E-state index in [4.69, 9.17) is 0 Å². The zero-order valence-corrected chi connectivity index (χ0v) is 7.30. The zero-order chi connectivity index (χ0) is 13.2. The predicted octanol–water partition coefficient (Wildman–Crippen LogP) is 3.45. The first-order valence-corrected chi connectivity index (χ1v) is 3.60. The van der Waals surface area contributed by atoms with Crippen molar-refractivity contribution in [2.24, 2.45) is 0 Å². The minimum absolute atomic E-state index is 2.49. The van der Waals surface area contributed by atoms with Crippen LogP contribution in [0.1, 0.15) is 6.42 Å². The van der Waals surface area contributed by atoms with E-state index in [1.54, 1.807) is 0 Å². The van der Waals surface area contributed by atoms with Gasteiger partial charge in [0, 0.05) is 0 Å². The third-order valence-corrected chi connectivity index (χ3v) is 1.20. The maximum atomic E-state index is 12.2. The molecule has 0 aromatic carbocycles. The summed E-state index contributed by atoms with van der Waals surface area (Å²) >= 11 is 0. The van der Waals surface area contributed by atoms with Gasteiger partial charge in [0.15, 0.2) is 0 Å². The summed E-state index contributed by atoms with van der Waals surface area (Å²) in [7, 11) is 0. The van der Waals surface area contributed by atoms with Crippen molar-refractivity contribution in [1.82, 2.24) is 0 Å².